The maximum atomic E-state index is 12.8. The average molecular weight is 529 g/mol. The van der Waals surface area contributed by atoms with Crippen LogP contribution in [0.2, 0.25) is 0 Å². The number of thiazole rings is 2. The Morgan fingerprint density at radius 1 is 1.38 bits per heavy atom. The van der Waals surface area contributed by atoms with E-state index in [4.69, 9.17) is 10.6 Å². The van der Waals surface area contributed by atoms with Crippen molar-refractivity contribution >= 4 is 69.1 Å². The van der Waals surface area contributed by atoms with Gasteiger partial charge in [-0.15, -0.1) is 34.4 Å². The van der Waals surface area contributed by atoms with Gasteiger partial charge in [-0.05, 0) is 18.6 Å². The fraction of sp³-hybridized carbons (Fsp3) is 0.263. The predicted octanol–water partition coefficient (Wildman–Crippen LogP) is -3.04. The summed E-state index contributed by atoms with van der Waals surface area (Å²) in [7, 11) is 1.27. The number of nitrogens with two attached hydrogens (primary N) is 1. The Bertz CT molecular complexity index is 1220. The zero-order valence-corrected chi connectivity index (χ0v) is 22.8. The van der Waals surface area contributed by atoms with Crippen LogP contribution in [0.15, 0.2) is 33.4 Å². The first-order valence-electron chi connectivity index (χ1n) is 9.42. The van der Waals surface area contributed by atoms with Crippen LogP contribution in [0.1, 0.15) is 16.3 Å². The summed E-state index contributed by atoms with van der Waals surface area (Å²) >= 11 is 3.89. The van der Waals surface area contributed by atoms with Gasteiger partial charge in [0.25, 0.3) is 11.8 Å². The first kappa shape index (κ1) is 26.4. The second-order valence-electron chi connectivity index (χ2n) is 6.85. The van der Waals surface area contributed by atoms with Gasteiger partial charge in [-0.2, -0.15) is 0 Å². The molecule has 0 bridgehead atoms. The normalized spacial score (nSPS) is 20.0. The van der Waals surface area contributed by atoms with E-state index in [1.807, 2.05) is 6.92 Å². The van der Waals surface area contributed by atoms with Crippen LogP contribution in [-0.4, -0.2) is 62.6 Å². The number of nitrogen functional groups attached to an aromatic ring is 1. The number of nitrogens with one attached hydrogen (secondary N) is 1. The Morgan fingerprint density at radius 2 is 2.15 bits per heavy atom. The molecule has 34 heavy (non-hydrogen) atoms. The van der Waals surface area contributed by atoms with Gasteiger partial charge < -0.3 is 25.8 Å². The van der Waals surface area contributed by atoms with E-state index in [2.05, 4.69) is 20.4 Å². The number of amides is 2. The maximum Gasteiger partial charge on any atom is 1.00 e. The number of aryl methyl sites for hydroxylation is 1. The van der Waals surface area contributed by atoms with Crippen molar-refractivity contribution in [1.82, 2.24) is 20.2 Å². The molecule has 2 aromatic heterocycles. The molecule has 15 heteroatoms. The summed E-state index contributed by atoms with van der Waals surface area (Å²) in [6.45, 7) is 1.85. The second-order valence-corrected chi connectivity index (χ2v) is 9.73. The number of carbonyl (C=O) groups excluding carboxylic acids is 3. The van der Waals surface area contributed by atoms with Gasteiger partial charge >= 0.3 is 29.6 Å². The molecule has 2 amide bonds. The van der Waals surface area contributed by atoms with E-state index in [1.54, 1.807) is 17.7 Å². The molecule has 0 saturated carbocycles. The zero-order valence-electron chi connectivity index (χ0n) is 18.3. The maximum absolute atomic E-state index is 12.8. The third-order valence-corrected chi connectivity index (χ3v) is 7.73. The minimum atomic E-state index is -1.46. The summed E-state index contributed by atoms with van der Waals surface area (Å²) in [5.74, 6) is -2.39. The molecule has 0 spiro atoms. The molecule has 4 heterocycles. The number of carboxylic acids is 1. The van der Waals surface area contributed by atoms with Crippen molar-refractivity contribution in [3.8, 4) is 0 Å². The molecule has 0 aromatic carbocycles. The van der Waals surface area contributed by atoms with Crippen LogP contribution in [-0.2, 0) is 19.2 Å². The summed E-state index contributed by atoms with van der Waals surface area (Å²) in [6, 6.07) is -0.941. The number of fused-ring (bicyclic) bond motifs is 1. The van der Waals surface area contributed by atoms with E-state index in [0.717, 1.165) is 26.8 Å². The van der Waals surface area contributed by atoms with E-state index >= 15 is 0 Å². The molecule has 2 atom stereocenters. The second kappa shape index (κ2) is 11.0. The van der Waals surface area contributed by atoms with Gasteiger partial charge in [0, 0.05) is 16.0 Å². The number of allylic oxidation sites excluding steroid dienone is 1. The fourth-order valence-electron chi connectivity index (χ4n) is 3.31. The largest absolute Gasteiger partial charge is 1.00 e. The third kappa shape index (κ3) is 5.06. The van der Waals surface area contributed by atoms with Crippen LogP contribution in [0, 0.1) is 6.92 Å². The molecule has 1 saturated heterocycles. The van der Waals surface area contributed by atoms with Crippen molar-refractivity contribution in [2.45, 2.75) is 18.3 Å². The quantitative estimate of drug-likeness (QED) is 0.165. The number of hydrogen-bond acceptors (Lipinski definition) is 12. The Hall–Kier alpha value is -2.23. The number of oxime groups is 1. The van der Waals surface area contributed by atoms with Crippen molar-refractivity contribution < 1.29 is 53.9 Å². The molecule has 172 valence electrons. The van der Waals surface area contributed by atoms with Crippen molar-refractivity contribution in [2.24, 2.45) is 5.16 Å². The van der Waals surface area contributed by atoms with Crippen LogP contribution in [0.25, 0.3) is 6.08 Å². The predicted molar refractivity (Wildman–Crippen MR) is 123 cm³/mol. The van der Waals surface area contributed by atoms with Crippen LogP contribution in [0.3, 0.4) is 0 Å². The number of rotatable bonds is 7. The molecule has 0 radical (unpaired) electrons. The average Bonchev–Trinajstić information content (AvgIpc) is 3.40. The number of nitrogens with zero attached hydrogens (tertiary/aromatic N) is 4. The van der Waals surface area contributed by atoms with Crippen LogP contribution in [0.4, 0.5) is 5.13 Å². The molecule has 2 aliphatic heterocycles. The number of hydrogen-bond donors (Lipinski definition) is 2. The molecule has 2 aliphatic rings. The number of anilines is 1. The van der Waals surface area contributed by atoms with Crippen molar-refractivity contribution in [1.29, 1.82) is 0 Å². The zero-order chi connectivity index (χ0) is 23.7. The minimum Gasteiger partial charge on any atom is -0.543 e. The summed E-state index contributed by atoms with van der Waals surface area (Å²) < 4.78 is 0. The van der Waals surface area contributed by atoms with Gasteiger partial charge in [0.1, 0.15) is 24.2 Å². The van der Waals surface area contributed by atoms with Crippen LogP contribution in [0.5, 0.6) is 0 Å². The molecule has 4 rings (SSSR count). The standard InChI is InChI=1S/C19H18N6O5S3.Na/c1-8-11(33-7-21-8)4-3-9-5-31-17-13(16(27)25(17)14(9)18(28)29)23-15(26)12(24-30-2)10-6-32-19(20)22-10;/h3-4,6-7,13,17H,5H2,1-2H3,(H2,20,22)(H,23,26)(H,28,29);/q;+1/p-1/t13-,17-;/m1./s1. The monoisotopic (exact) mass is 528 g/mol. The number of carbonyl (C=O) groups is 3. The summed E-state index contributed by atoms with van der Waals surface area (Å²) in [5.41, 5.74) is 8.45. The molecule has 2 aromatic rings. The Kier molecular flexibility index (Phi) is 8.54. The Morgan fingerprint density at radius 3 is 2.74 bits per heavy atom. The summed E-state index contributed by atoms with van der Waals surface area (Å²) in [6.07, 6.45) is 3.42. The van der Waals surface area contributed by atoms with Crippen LogP contribution < -0.4 is 45.7 Å². The van der Waals surface area contributed by atoms with Gasteiger partial charge in [0.05, 0.1) is 22.9 Å². The summed E-state index contributed by atoms with van der Waals surface area (Å²) in [4.78, 5) is 52.4. The SMILES string of the molecule is CON=C(C(=O)N[C@@H]1C(=O)N2C(C(=O)[O-])=C(C=Cc3scnc3C)CS[C@H]12)c1csc(N)n1.[Na+]. The number of aromatic nitrogens is 2. The molecule has 0 unspecified atom stereocenters. The molecule has 1 fully saturated rings. The number of aliphatic carboxylic acids is 1. The smallest absolute Gasteiger partial charge is 0.543 e. The van der Waals surface area contributed by atoms with Gasteiger partial charge in [-0.25, -0.2) is 9.97 Å². The molecule has 0 aliphatic carbocycles. The van der Waals surface area contributed by atoms with Gasteiger partial charge in [0.15, 0.2) is 10.8 Å². The van der Waals surface area contributed by atoms with Crippen molar-refractivity contribution in [3.05, 3.63) is 44.5 Å². The molecule has 11 nitrogen and oxygen atoms in total. The Labute approximate surface area is 228 Å². The van der Waals surface area contributed by atoms with Gasteiger partial charge in [-0.3, -0.25) is 14.5 Å². The van der Waals surface area contributed by atoms with Gasteiger partial charge in [0.2, 0.25) is 0 Å². The summed E-state index contributed by atoms with van der Waals surface area (Å²) in [5, 5.41) is 19.4. The van der Waals surface area contributed by atoms with E-state index in [0.29, 0.717) is 11.3 Å². The van der Waals surface area contributed by atoms with E-state index in [-0.39, 0.29) is 51.8 Å². The molecular weight excluding hydrogens is 511 g/mol. The number of β-lactam (4-membered cyclic amide) rings is 1. The van der Waals surface area contributed by atoms with Crippen LogP contribution >= 0.6 is 34.4 Å². The Balaban J connectivity index is 0.00000324. The van der Waals surface area contributed by atoms with Crippen molar-refractivity contribution in [2.75, 3.05) is 18.6 Å². The first-order valence-corrected chi connectivity index (χ1v) is 12.2. The van der Waals surface area contributed by atoms with E-state index in [9.17, 15) is 19.5 Å². The minimum absolute atomic E-state index is 0. The topological polar surface area (TPSA) is 163 Å². The molecule has 3 N–H and O–H groups in total. The van der Waals surface area contributed by atoms with E-state index < -0.39 is 29.2 Å². The van der Waals surface area contributed by atoms with Crippen molar-refractivity contribution in [3.63, 3.8) is 0 Å². The van der Waals surface area contributed by atoms with Gasteiger partial charge in [-0.1, -0.05) is 11.2 Å². The number of carboxylic acid groups (broad SMARTS) is 1. The van der Waals surface area contributed by atoms with E-state index in [1.165, 1.54) is 35.6 Å². The third-order valence-electron chi connectivity index (χ3n) is 4.86. The number of thioether (sulfide) groups is 1. The molecular formula is C19H17N6NaO5S3. The first-order chi connectivity index (χ1) is 15.8. The fourth-order valence-corrected chi connectivity index (χ4v) is 5.87.